The number of nitrogens with zero attached hydrogens (tertiary/aromatic N) is 2. The number of aromatic nitrogens is 2. The van der Waals surface area contributed by atoms with E-state index in [-0.39, 0.29) is 6.04 Å². The standard InChI is InChI=1S/C16H23N3O/c1-5-7-17-14(6-2)16-19-18-15(20-16)13-9-11(3)8-12(4)10-13/h8-10,14,17H,5-7H2,1-4H3. The van der Waals surface area contributed by atoms with Crippen molar-refractivity contribution in [2.24, 2.45) is 0 Å². The Kier molecular flexibility index (Phi) is 4.90. The summed E-state index contributed by atoms with van der Waals surface area (Å²) >= 11 is 0. The molecule has 0 saturated heterocycles. The van der Waals surface area contributed by atoms with Crippen LogP contribution in [0.2, 0.25) is 0 Å². The lowest BCUT2D eigenvalue weighted by Crippen LogP contribution is -2.21. The zero-order valence-corrected chi connectivity index (χ0v) is 12.7. The fraction of sp³-hybridized carbons (Fsp3) is 0.500. The molecule has 0 saturated carbocycles. The number of nitrogens with one attached hydrogen (secondary N) is 1. The normalized spacial score (nSPS) is 12.6. The Morgan fingerprint density at radius 3 is 2.40 bits per heavy atom. The van der Waals surface area contributed by atoms with Gasteiger partial charge < -0.3 is 9.73 Å². The van der Waals surface area contributed by atoms with E-state index in [4.69, 9.17) is 4.42 Å². The second kappa shape index (κ2) is 6.66. The van der Waals surface area contributed by atoms with Crippen LogP contribution in [-0.4, -0.2) is 16.7 Å². The molecule has 20 heavy (non-hydrogen) atoms. The molecule has 1 N–H and O–H groups in total. The Balaban J connectivity index is 2.23. The van der Waals surface area contributed by atoms with Gasteiger partial charge in [-0.3, -0.25) is 0 Å². The largest absolute Gasteiger partial charge is 0.419 e. The highest BCUT2D eigenvalue weighted by atomic mass is 16.4. The van der Waals surface area contributed by atoms with E-state index in [1.54, 1.807) is 0 Å². The van der Waals surface area contributed by atoms with Gasteiger partial charge in [0.1, 0.15) is 0 Å². The van der Waals surface area contributed by atoms with Crippen molar-refractivity contribution in [2.75, 3.05) is 6.54 Å². The van der Waals surface area contributed by atoms with Crippen molar-refractivity contribution in [3.63, 3.8) is 0 Å². The summed E-state index contributed by atoms with van der Waals surface area (Å²) in [7, 11) is 0. The average Bonchev–Trinajstić information content (AvgIpc) is 2.88. The predicted octanol–water partition coefficient (Wildman–Crippen LogP) is 3.80. The number of hydrogen-bond donors (Lipinski definition) is 1. The number of hydrogen-bond acceptors (Lipinski definition) is 4. The van der Waals surface area contributed by atoms with Gasteiger partial charge in [-0.25, -0.2) is 0 Å². The van der Waals surface area contributed by atoms with Gasteiger partial charge in [0.2, 0.25) is 11.8 Å². The van der Waals surface area contributed by atoms with Gasteiger partial charge in [0, 0.05) is 5.56 Å². The lowest BCUT2D eigenvalue weighted by Gasteiger charge is -2.11. The van der Waals surface area contributed by atoms with E-state index >= 15 is 0 Å². The summed E-state index contributed by atoms with van der Waals surface area (Å²) in [6, 6.07) is 6.43. The Hall–Kier alpha value is -1.68. The van der Waals surface area contributed by atoms with Crippen LogP contribution in [0.4, 0.5) is 0 Å². The second-order valence-corrected chi connectivity index (χ2v) is 5.24. The third-order valence-corrected chi connectivity index (χ3v) is 3.26. The van der Waals surface area contributed by atoms with Crippen LogP contribution in [0, 0.1) is 13.8 Å². The van der Waals surface area contributed by atoms with E-state index in [0.717, 1.165) is 24.9 Å². The van der Waals surface area contributed by atoms with Crippen LogP contribution in [0.5, 0.6) is 0 Å². The zero-order valence-electron chi connectivity index (χ0n) is 12.7. The fourth-order valence-electron chi connectivity index (χ4n) is 2.32. The van der Waals surface area contributed by atoms with Crippen LogP contribution in [0.1, 0.15) is 49.7 Å². The van der Waals surface area contributed by atoms with E-state index in [1.165, 1.54) is 11.1 Å². The molecule has 0 bridgehead atoms. The summed E-state index contributed by atoms with van der Waals surface area (Å²) in [6.07, 6.45) is 2.03. The molecule has 0 fully saturated rings. The van der Waals surface area contributed by atoms with Crippen LogP contribution in [-0.2, 0) is 0 Å². The topological polar surface area (TPSA) is 51.0 Å². The van der Waals surface area contributed by atoms with Gasteiger partial charge in [0.25, 0.3) is 0 Å². The summed E-state index contributed by atoms with van der Waals surface area (Å²) in [6.45, 7) is 9.37. The third-order valence-electron chi connectivity index (χ3n) is 3.26. The molecule has 108 valence electrons. The molecule has 1 aromatic heterocycles. The Labute approximate surface area is 120 Å². The molecule has 2 rings (SSSR count). The van der Waals surface area contributed by atoms with Gasteiger partial charge in [-0.05, 0) is 45.4 Å². The predicted molar refractivity (Wildman–Crippen MR) is 80.5 cm³/mol. The third kappa shape index (κ3) is 3.45. The molecule has 1 atom stereocenters. The lowest BCUT2D eigenvalue weighted by atomic mass is 10.1. The Morgan fingerprint density at radius 1 is 1.10 bits per heavy atom. The molecule has 4 heteroatoms. The maximum Gasteiger partial charge on any atom is 0.247 e. The van der Waals surface area contributed by atoms with Gasteiger partial charge in [0.05, 0.1) is 6.04 Å². The van der Waals surface area contributed by atoms with Gasteiger partial charge in [-0.1, -0.05) is 31.0 Å². The molecule has 2 aromatic rings. The summed E-state index contributed by atoms with van der Waals surface area (Å²) in [5.41, 5.74) is 3.40. The quantitative estimate of drug-likeness (QED) is 0.869. The smallest absolute Gasteiger partial charge is 0.247 e. The molecule has 1 heterocycles. The molecule has 0 aliphatic heterocycles. The van der Waals surface area contributed by atoms with Gasteiger partial charge in [0.15, 0.2) is 0 Å². The van der Waals surface area contributed by atoms with Crippen molar-refractivity contribution >= 4 is 0 Å². The maximum atomic E-state index is 5.85. The van der Waals surface area contributed by atoms with E-state index < -0.39 is 0 Å². The maximum absolute atomic E-state index is 5.85. The van der Waals surface area contributed by atoms with Crippen LogP contribution in [0.3, 0.4) is 0 Å². The molecule has 0 amide bonds. The van der Waals surface area contributed by atoms with Crippen molar-refractivity contribution in [3.05, 3.63) is 35.2 Å². The first-order valence-electron chi connectivity index (χ1n) is 7.29. The minimum atomic E-state index is 0.141. The first-order valence-corrected chi connectivity index (χ1v) is 7.29. The summed E-state index contributed by atoms with van der Waals surface area (Å²) < 4.78 is 5.85. The molecule has 0 aliphatic carbocycles. The molecule has 0 spiro atoms. The van der Waals surface area contributed by atoms with Crippen LogP contribution in [0.25, 0.3) is 11.5 Å². The van der Waals surface area contributed by atoms with Crippen molar-refractivity contribution in [1.82, 2.24) is 15.5 Å². The van der Waals surface area contributed by atoms with Crippen molar-refractivity contribution in [1.29, 1.82) is 0 Å². The van der Waals surface area contributed by atoms with E-state index in [2.05, 4.69) is 61.4 Å². The highest BCUT2D eigenvalue weighted by molar-refractivity contribution is 5.55. The van der Waals surface area contributed by atoms with Crippen LogP contribution >= 0.6 is 0 Å². The van der Waals surface area contributed by atoms with Crippen LogP contribution < -0.4 is 5.32 Å². The molecular formula is C16H23N3O. The molecule has 4 nitrogen and oxygen atoms in total. The fourth-order valence-corrected chi connectivity index (χ4v) is 2.32. The highest BCUT2D eigenvalue weighted by Gasteiger charge is 2.17. The minimum absolute atomic E-state index is 0.141. The van der Waals surface area contributed by atoms with E-state index in [1.807, 2.05) is 0 Å². The van der Waals surface area contributed by atoms with Gasteiger partial charge in [-0.15, -0.1) is 10.2 Å². The molecule has 1 aromatic carbocycles. The lowest BCUT2D eigenvalue weighted by molar-refractivity contribution is 0.396. The van der Waals surface area contributed by atoms with Crippen molar-refractivity contribution < 1.29 is 4.42 Å². The van der Waals surface area contributed by atoms with E-state index in [9.17, 15) is 0 Å². The zero-order chi connectivity index (χ0) is 14.5. The first-order chi connectivity index (χ1) is 9.63. The molecule has 0 radical (unpaired) electrons. The summed E-state index contributed by atoms with van der Waals surface area (Å²) in [4.78, 5) is 0. The van der Waals surface area contributed by atoms with E-state index in [0.29, 0.717) is 11.8 Å². The SMILES string of the molecule is CCCNC(CC)c1nnc(-c2cc(C)cc(C)c2)o1. The second-order valence-electron chi connectivity index (χ2n) is 5.24. The molecule has 1 unspecified atom stereocenters. The molecular weight excluding hydrogens is 250 g/mol. The van der Waals surface area contributed by atoms with Crippen molar-refractivity contribution in [3.8, 4) is 11.5 Å². The monoisotopic (exact) mass is 273 g/mol. The number of rotatable bonds is 6. The molecule has 0 aliphatic rings. The summed E-state index contributed by atoms with van der Waals surface area (Å²) in [5.74, 6) is 1.28. The Morgan fingerprint density at radius 2 is 1.80 bits per heavy atom. The first kappa shape index (κ1) is 14.7. The van der Waals surface area contributed by atoms with Crippen molar-refractivity contribution in [2.45, 2.75) is 46.6 Å². The minimum Gasteiger partial charge on any atom is -0.419 e. The number of benzene rings is 1. The average molecular weight is 273 g/mol. The van der Waals surface area contributed by atoms with Crippen LogP contribution in [0.15, 0.2) is 22.6 Å². The van der Waals surface area contributed by atoms with Gasteiger partial charge in [-0.2, -0.15) is 0 Å². The summed E-state index contributed by atoms with van der Waals surface area (Å²) in [5, 5.41) is 11.8. The highest BCUT2D eigenvalue weighted by Crippen LogP contribution is 2.24. The Bertz CT molecular complexity index is 542. The van der Waals surface area contributed by atoms with Gasteiger partial charge >= 0.3 is 0 Å². The number of aryl methyl sites for hydroxylation is 2.